The van der Waals surface area contributed by atoms with Crippen LogP contribution in [0.4, 0.5) is 10.2 Å². The third-order valence-corrected chi connectivity index (χ3v) is 7.66. The van der Waals surface area contributed by atoms with Crippen LogP contribution in [0.3, 0.4) is 0 Å². The number of pyridine rings is 1. The minimum absolute atomic E-state index is 0.388. The molecule has 0 spiro atoms. The summed E-state index contributed by atoms with van der Waals surface area (Å²) in [6.45, 7) is 2.36. The van der Waals surface area contributed by atoms with Crippen molar-refractivity contribution in [2.24, 2.45) is 17.8 Å². The summed E-state index contributed by atoms with van der Waals surface area (Å²) in [7, 11) is 0. The lowest BCUT2D eigenvalue weighted by Crippen LogP contribution is -2.47. The summed E-state index contributed by atoms with van der Waals surface area (Å²) in [4.78, 5) is 16.9. The van der Waals surface area contributed by atoms with Crippen molar-refractivity contribution < 1.29 is 4.39 Å². The molecule has 2 bridgehead atoms. The van der Waals surface area contributed by atoms with Crippen molar-refractivity contribution in [3.63, 3.8) is 0 Å². The van der Waals surface area contributed by atoms with Gasteiger partial charge in [0.25, 0.3) is 0 Å². The molecule has 7 heteroatoms. The van der Waals surface area contributed by atoms with Crippen LogP contribution in [0.1, 0.15) is 32.6 Å². The maximum absolute atomic E-state index is 13.9. The van der Waals surface area contributed by atoms with E-state index in [2.05, 4.69) is 22.2 Å². The monoisotopic (exact) mass is 435 g/mol. The van der Waals surface area contributed by atoms with E-state index >= 15 is 0 Å². The molecular formula is C24H23ClFN5. The molecule has 3 aliphatic carbocycles. The molecule has 0 amide bonds. The number of aromatic amines is 1. The quantitative estimate of drug-likeness (QED) is 0.402. The molecule has 158 valence electrons. The van der Waals surface area contributed by atoms with Gasteiger partial charge in [0.1, 0.15) is 17.3 Å². The van der Waals surface area contributed by atoms with Gasteiger partial charge >= 0.3 is 0 Å². The second kappa shape index (κ2) is 7.16. The Hall–Kier alpha value is -2.73. The van der Waals surface area contributed by atoms with Crippen molar-refractivity contribution in [2.45, 2.75) is 38.6 Å². The summed E-state index contributed by atoms with van der Waals surface area (Å²) in [6, 6.07) is 7.63. The summed E-state index contributed by atoms with van der Waals surface area (Å²) in [5.41, 5.74) is 2.01. The van der Waals surface area contributed by atoms with E-state index in [9.17, 15) is 4.39 Å². The summed E-state index contributed by atoms with van der Waals surface area (Å²) < 4.78 is 13.9. The predicted octanol–water partition coefficient (Wildman–Crippen LogP) is 6.20. The fourth-order valence-corrected chi connectivity index (χ4v) is 5.89. The summed E-state index contributed by atoms with van der Waals surface area (Å²) in [5, 5.41) is 5.93. The number of hydrogen-bond donors (Lipinski definition) is 2. The van der Waals surface area contributed by atoms with Crippen LogP contribution in [0.2, 0.25) is 5.02 Å². The van der Waals surface area contributed by atoms with Crippen LogP contribution in [-0.2, 0) is 0 Å². The van der Waals surface area contributed by atoms with Gasteiger partial charge in [-0.2, -0.15) is 0 Å². The van der Waals surface area contributed by atoms with Crippen LogP contribution in [0.15, 0.2) is 36.7 Å². The van der Waals surface area contributed by atoms with Crippen LogP contribution in [0.5, 0.6) is 0 Å². The number of H-pyrrole nitrogens is 1. The SMILES string of the molecule is CC1C2CCC(CC2)C1Nc1nc(-c2c[nH]c3ncc(F)cc23)nc2c(Cl)cccc12. The number of para-hydroxylation sites is 1. The molecule has 7 rings (SSSR count). The fraction of sp³-hybridized carbons (Fsp3) is 0.375. The van der Waals surface area contributed by atoms with Gasteiger partial charge in [-0.3, -0.25) is 0 Å². The molecule has 2 atom stereocenters. The average Bonchev–Trinajstić information content (AvgIpc) is 3.20. The van der Waals surface area contributed by atoms with Crippen molar-refractivity contribution in [1.82, 2.24) is 19.9 Å². The van der Waals surface area contributed by atoms with Gasteiger partial charge in [-0.1, -0.05) is 24.6 Å². The first-order chi connectivity index (χ1) is 15.1. The summed E-state index contributed by atoms with van der Waals surface area (Å²) >= 11 is 6.54. The van der Waals surface area contributed by atoms with Crippen molar-refractivity contribution in [3.8, 4) is 11.4 Å². The van der Waals surface area contributed by atoms with Crippen LogP contribution < -0.4 is 5.32 Å². The molecular weight excluding hydrogens is 413 g/mol. The topological polar surface area (TPSA) is 66.5 Å². The minimum atomic E-state index is -0.391. The standard InChI is InChI=1S/C24H23ClFN5/c1-12-13-5-7-14(8-6-13)20(12)29-23-16-3-2-4-19(25)21(16)30-24(31-23)18-11-28-22-17(18)9-15(26)10-27-22/h2-4,9-14,20H,5-8H2,1H3,(H,27,28)(H,29,30,31). The molecule has 31 heavy (non-hydrogen) atoms. The van der Waals surface area contributed by atoms with Gasteiger partial charge in [0.15, 0.2) is 5.82 Å². The first-order valence-corrected chi connectivity index (χ1v) is 11.3. The van der Waals surface area contributed by atoms with Crippen molar-refractivity contribution in [2.75, 3.05) is 5.32 Å². The van der Waals surface area contributed by atoms with Gasteiger partial charge in [-0.05, 0) is 61.6 Å². The molecule has 5 nitrogen and oxygen atoms in total. The molecule has 3 heterocycles. The first kappa shape index (κ1) is 19.0. The van der Waals surface area contributed by atoms with Crippen LogP contribution in [0, 0.1) is 23.6 Å². The number of nitrogens with one attached hydrogen (secondary N) is 2. The number of hydrogen-bond acceptors (Lipinski definition) is 4. The van der Waals surface area contributed by atoms with Gasteiger partial charge in [-0.15, -0.1) is 0 Å². The normalized spacial score (nSPS) is 25.4. The highest BCUT2D eigenvalue weighted by atomic mass is 35.5. The molecule has 0 radical (unpaired) electrons. The maximum Gasteiger partial charge on any atom is 0.164 e. The van der Waals surface area contributed by atoms with Gasteiger partial charge in [0.05, 0.1) is 16.7 Å². The summed E-state index contributed by atoms with van der Waals surface area (Å²) in [6.07, 6.45) is 8.20. The van der Waals surface area contributed by atoms with Crippen molar-refractivity contribution in [3.05, 3.63) is 47.5 Å². The van der Waals surface area contributed by atoms with Crippen molar-refractivity contribution in [1.29, 1.82) is 0 Å². The highest BCUT2D eigenvalue weighted by Gasteiger charge is 2.41. The molecule has 2 N–H and O–H groups in total. The fourth-order valence-electron chi connectivity index (χ4n) is 5.67. The number of aromatic nitrogens is 4. The molecule has 3 saturated carbocycles. The van der Waals surface area contributed by atoms with E-state index in [1.54, 1.807) is 6.20 Å². The largest absolute Gasteiger partial charge is 0.366 e. The molecule has 3 aliphatic rings. The minimum Gasteiger partial charge on any atom is -0.366 e. The Bertz CT molecular complexity index is 1290. The van der Waals surface area contributed by atoms with E-state index in [4.69, 9.17) is 21.6 Å². The Balaban J connectivity index is 1.51. The lowest BCUT2D eigenvalue weighted by atomic mass is 9.62. The van der Waals surface area contributed by atoms with E-state index < -0.39 is 5.82 Å². The number of anilines is 1. The Morgan fingerprint density at radius 1 is 1.10 bits per heavy atom. The van der Waals surface area contributed by atoms with E-state index in [0.717, 1.165) is 17.1 Å². The Morgan fingerprint density at radius 2 is 1.90 bits per heavy atom. The lowest BCUT2D eigenvalue weighted by Gasteiger charge is -2.47. The number of rotatable bonds is 3. The zero-order valence-electron chi connectivity index (χ0n) is 17.2. The Labute approximate surface area is 184 Å². The third-order valence-electron chi connectivity index (χ3n) is 7.35. The van der Waals surface area contributed by atoms with Gasteiger partial charge in [-0.25, -0.2) is 19.3 Å². The van der Waals surface area contributed by atoms with E-state index in [1.807, 2.05) is 18.2 Å². The van der Waals surface area contributed by atoms with Crippen LogP contribution >= 0.6 is 11.6 Å². The van der Waals surface area contributed by atoms with Gasteiger partial charge in [0, 0.05) is 28.6 Å². The van der Waals surface area contributed by atoms with E-state index in [1.165, 1.54) is 37.9 Å². The molecule has 1 aromatic carbocycles. The second-order valence-corrected chi connectivity index (χ2v) is 9.40. The Morgan fingerprint density at radius 3 is 2.71 bits per heavy atom. The van der Waals surface area contributed by atoms with E-state index in [0.29, 0.717) is 50.8 Å². The molecule has 0 aliphatic heterocycles. The predicted molar refractivity (Wildman–Crippen MR) is 122 cm³/mol. The number of halogens is 2. The molecule has 3 aromatic heterocycles. The first-order valence-electron chi connectivity index (χ1n) is 10.9. The van der Waals surface area contributed by atoms with Crippen LogP contribution in [-0.4, -0.2) is 26.0 Å². The number of nitrogens with zero attached hydrogens (tertiary/aromatic N) is 3. The lowest BCUT2D eigenvalue weighted by molar-refractivity contribution is 0.0929. The maximum atomic E-state index is 13.9. The molecule has 4 aromatic rings. The molecule has 2 unspecified atom stereocenters. The van der Waals surface area contributed by atoms with E-state index in [-0.39, 0.29) is 0 Å². The second-order valence-electron chi connectivity index (χ2n) is 8.99. The molecule has 0 saturated heterocycles. The zero-order valence-corrected chi connectivity index (χ0v) is 18.0. The van der Waals surface area contributed by atoms with Gasteiger partial charge < -0.3 is 10.3 Å². The van der Waals surface area contributed by atoms with Crippen molar-refractivity contribution >= 4 is 39.4 Å². The van der Waals surface area contributed by atoms with Gasteiger partial charge in [0.2, 0.25) is 0 Å². The third kappa shape index (κ3) is 3.07. The highest BCUT2D eigenvalue weighted by molar-refractivity contribution is 6.35. The zero-order chi connectivity index (χ0) is 21.1. The number of fused-ring (bicyclic) bond motifs is 5. The average molecular weight is 436 g/mol. The highest BCUT2D eigenvalue weighted by Crippen LogP contribution is 2.46. The van der Waals surface area contributed by atoms with Crippen LogP contribution in [0.25, 0.3) is 33.3 Å². The Kier molecular flexibility index (Phi) is 4.39. The summed E-state index contributed by atoms with van der Waals surface area (Å²) in [5.74, 6) is 2.96. The smallest absolute Gasteiger partial charge is 0.164 e. The molecule has 3 fully saturated rings. The number of benzene rings is 1.